The highest BCUT2D eigenvalue weighted by molar-refractivity contribution is 7.89. The fourth-order valence-electron chi connectivity index (χ4n) is 1.20. The van der Waals surface area contributed by atoms with Gasteiger partial charge in [-0.25, -0.2) is 18.4 Å². The van der Waals surface area contributed by atoms with Crippen LogP contribution in [0.2, 0.25) is 0 Å². The minimum absolute atomic E-state index is 0.115. The van der Waals surface area contributed by atoms with Gasteiger partial charge in [0.15, 0.2) is 6.10 Å². The molecular weight excluding hydrogens is 276 g/mol. The van der Waals surface area contributed by atoms with Crippen LogP contribution < -0.4 is 10.5 Å². The van der Waals surface area contributed by atoms with E-state index in [1.54, 1.807) is 0 Å². The molecule has 5 N–H and O–H groups in total. The average Bonchev–Trinajstić information content (AvgIpc) is 2.28. The largest absolute Gasteiger partial charge is 0.479 e. The molecule has 0 heterocycles. The highest BCUT2D eigenvalue weighted by atomic mass is 32.2. The van der Waals surface area contributed by atoms with Gasteiger partial charge in [0.25, 0.3) is 0 Å². The first-order valence-corrected chi connectivity index (χ1v) is 6.58. The van der Waals surface area contributed by atoms with Crippen molar-refractivity contribution < 1.29 is 28.2 Å². The molecule has 1 unspecified atom stereocenters. The van der Waals surface area contributed by atoms with Crippen molar-refractivity contribution in [1.29, 1.82) is 0 Å². The highest BCUT2D eigenvalue weighted by Crippen LogP contribution is 2.13. The predicted molar refractivity (Wildman–Crippen MR) is 64.7 cm³/mol. The summed E-state index contributed by atoms with van der Waals surface area (Å²) in [4.78, 5) is 21.5. The Kier molecular flexibility index (Phi) is 4.59. The maximum Gasteiger partial charge on any atom is 0.333 e. The van der Waals surface area contributed by atoms with Crippen LogP contribution in [0.4, 0.5) is 5.69 Å². The van der Waals surface area contributed by atoms with Gasteiger partial charge in [-0.1, -0.05) is 0 Å². The van der Waals surface area contributed by atoms with Crippen LogP contribution in [0.3, 0.4) is 0 Å². The molecule has 0 fully saturated rings. The third kappa shape index (κ3) is 4.66. The molecule has 1 aromatic rings. The maximum atomic E-state index is 11.3. The van der Waals surface area contributed by atoms with E-state index in [4.69, 9.17) is 15.4 Å². The van der Waals surface area contributed by atoms with E-state index < -0.39 is 34.4 Å². The number of aliphatic hydroxyl groups is 1. The number of aliphatic carboxylic acids is 1. The third-order valence-electron chi connectivity index (χ3n) is 2.13. The fourth-order valence-corrected chi connectivity index (χ4v) is 1.72. The van der Waals surface area contributed by atoms with Gasteiger partial charge in [0.1, 0.15) is 0 Å². The van der Waals surface area contributed by atoms with E-state index in [2.05, 4.69) is 5.32 Å². The standard InChI is InChI=1S/C10H12N2O6S/c11-19(17,18)7-3-1-6(2-4-7)12-9(14)5-8(13)10(15)16/h1-4,8,13H,5H2,(H,12,14)(H,15,16)(H2,11,17,18). The van der Waals surface area contributed by atoms with Crippen molar-refractivity contribution in [2.75, 3.05) is 5.32 Å². The van der Waals surface area contributed by atoms with Gasteiger partial charge in [-0.3, -0.25) is 4.79 Å². The molecule has 1 amide bonds. The lowest BCUT2D eigenvalue weighted by Crippen LogP contribution is -2.26. The summed E-state index contributed by atoms with van der Waals surface area (Å²) < 4.78 is 22.0. The van der Waals surface area contributed by atoms with Gasteiger partial charge < -0.3 is 15.5 Å². The van der Waals surface area contributed by atoms with Gasteiger partial charge in [-0.2, -0.15) is 0 Å². The van der Waals surface area contributed by atoms with E-state index in [0.717, 1.165) is 0 Å². The van der Waals surface area contributed by atoms with Crippen LogP contribution in [0.1, 0.15) is 6.42 Å². The van der Waals surface area contributed by atoms with Crippen LogP contribution in [-0.2, 0) is 19.6 Å². The van der Waals surface area contributed by atoms with Crippen molar-refractivity contribution in [1.82, 2.24) is 0 Å². The molecule has 0 bridgehead atoms. The van der Waals surface area contributed by atoms with E-state index in [9.17, 15) is 18.0 Å². The zero-order valence-corrected chi connectivity index (χ0v) is 10.4. The number of sulfonamides is 1. The molecule has 1 atom stereocenters. The summed E-state index contributed by atoms with van der Waals surface area (Å²) in [5, 5.41) is 24.6. The minimum atomic E-state index is -3.81. The van der Waals surface area contributed by atoms with Gasteiger partial charge >= 0.3 is 5.97 Å². The number of nitrogens with one attached hydrogen (secondary N) is 1. The molecule has 1 rings (SSSR count). The molecule has 0 saturated heterocycles. The van der Waals surface area contributed by atoms with Crippen LogP contribution in [0, 0.1) is 0 Å². The van der Waals surface area contributed by atoms with E-state index in [0.29, 0.717) is 0 Å². The lowest BCUT2D eigenvalue weighted by atomic mass is 10.2. The number of amides is 1. The van der Waals surface area contributed by atoms with Gasteiger partial charge in [-0.05, 0) is 24.3 Å². The van der Waals surface area contributed by atoms with Crippen LogP contribution in [-0.4, -0.2) is 36.6 Å². The number of carboxylic acid groups (broad SMARTS) is 1. The topological polar surface area (TPSA) is 147 Å². The zero-order chi connectivity index (χ0) is 14.6. The number of nitrogens with two attached hydrogens (primary N) is 1. The maximum absolute atomic E-state index is 11.3. The Morgan fingerprint density at radius 3 is 2.21 bits per heavy atom. The lowest BCUT2D eigenvalue weighted by molar-refractivity contribution is -0.148. The van der Waals surface area contributed by atoms with Crippen molar-refractivity contribution in [2.24, 2.45) is 5.14 Å². The van der Waals surface area contributed by atoms with Crippen LogP contribution in [0.5, 0.6) is 0 Å². The van der Waals surface area contributed by atoms with Crippen molar-refractivity contribution in [3.05, 3.63) is 24.3 Å². The molecule has 0 aromatic heterocycles. The number of hydrogen-bond acceptors (Lipinski definition) is 5. The molecule has 0 aliphatic heterocycles. The van der Waals surface area contributed by atoms with Crippen molar-refractivity contribution in [2.45, 2.75) is 17.4 Å². The Morgan fingerprint density at radius 1 is 1.26 bits per heavy atom. The molecule has 0 radical (unpaired) electrons. The summed E-state index contributed by atoms with van der Waals surface area (Å²) in [6, 6.07) is 4.98. The second kappa shape index (κ2) is 5.78. The Balaban J connectivity index is 2.69. The summed E-state index contributed by atoms with van der Waals surface area (Å²) in [6.07, 6.45) is -2.39. The van der Waals surface area contributed by atoms with E-state index in [1.807, 2.05) is 0 Å². The summed E-state index contributed by atoms with van der Waals surface area (Å²) in [5.74, 6) is -2.21. The van der Waals surface area contributed by atoms with Crippen LogP contribution in [0.25, 0.3) is 0 Å². The fraction of sp³-hybridized carbons (Fsp3) is 0.200. The average molecular weight is 288 g/mol. The summed E-state index contributed by atoms with van der Waals surface area (Å²) in [5.41, 5.74) is 0.259. The molecule has 9 heteroatoms. The number of carbonyl (C=O) groups excluding carboxylic acids is 1. The van der Waals surface area contributed by atoms with Crippen molar-refractivity contribution in [3.63, 3.8) is 0 Å². The number of rotatable bonds is 5. The Labute approximate surface area is 108 Å². The Morgan fingerprint density at radius 2 is 1.79 bits per heavy atom. The SMILES string of the molecule is NS(=O)(=O)c1ccc(NC(=O)CC(O)C(=O)O)cc1. The molecule has 0 aliphatic carbocycles. The quantitative estimate of drug-likeness (QED) is 0.552. The lowest BCUT2D eigenvalue weighted by Gasteiger charge is -2.07. The smallest absolute Gasteiger partial charge is 0.333 e. The van der Waals surface area contributed by atoms with Gasteiger partial charge in [0.05, 0.1) is 11.3 Å². The molecule has 19 heavy (non-hydrogen) atoms. The monoisotopic (exact) mass is 288 g/mol. The summed E-state index contributed by atoms with van der Waals surface area (Å²) in [7, 11) is -3.81. The minimum Gasteiger partial charge on any atom is -0.479 e. The van der Waals surface area contributed by atoms with E-state index in [-0.39, 0.29) is 10.6 Å². The molecule has 0 aliphatic rings. The molecule has 0 saturated carbocycles. The van der Waals surface area contributed by atoms with Crippen LogP contribution >= 0.6 is 0 Å². The number of aliphatic hydroxyl groups excluding tert-OH is 1. The number of hydrogen-bond donors (Lipinski definition) is 4. The number of anilines is 1. The third-order valence-corrected chi connectivity index (χ3v) is 3.06. The number of carbonyl (C=O) groups is 2. The summed E-state index contributed by atoms with van der Waals surface area (Å²) in [6.45, 7) is 0. The second-order valence-electron chi connectivity index (χ2n) is 3.68. The van der Waals surface area contributed by atoms with Gasteiger partial charge in [0.2, 0.25) is 15.9 Å². The number of primary sulfonamides is 1. The number of benzene rings is 1. The Hall–Kier alpha value is -1.97. The second-order valence-corrected chi connectivity index (χ2v) is 5.24. The first-order valence-electron chi connectivity index (χ1n) is 5.04. The van der Waals surface area contributed by atoms with Crippen molar-refractivity contribution in [3.8, 4) is 0 Å². The van der Waals surface area contributed by atoms with Crippen molar-refractivity contribution >= 4 is 27.6 Å². The summed E-state index contributed by atoms with van der Waals surface area (Å²) >= 11 is 0. The van der Waals surface area contributed by atoms with Gasteiger partial charge in [-0.15, -0.1) is 0 Å². The molecule has 1 aromatic carbocycles. The van der Waals surface area contributed by atoms with Gasteiger partial charge in [0, 0.05) is 5.69 Å². The van der Waals surface area contributed by atoms with E-state index in [1.165, 1.54) is 24.3 Å². The molecule has 104 valence electrons. The molecule has 0 spiro atoms. The predicted octanol–water partition coefficient (Wildman–Crippen LogP) is -0.892. The number of carboxylic acids is 1. The zero-order valence-electron chi connectivity index (χ0n) is 9.61. The van der Waals surface area contributed by atoms with Crippen LogP contribution in [0.15, 0.2) is 29.2 Å². The Bertz CT molecular complexity index is 581. The first-order chi connectivity index (χ1) is 8.70. The van der Waals surface area contributed by atoms with E-state index >= 15 is 0 Å². The molecule has 8 nitrogen and oxygen atoms in total. The normalized spacial score (nSPS) is 12.7. The first kappa shape index (κ1) is 15.1. The highest BCUT2D eigenvalue weighted by Gasteiger charge is 2.17. The molecular formula is C10H12N2O6S.